The van der Waals surface area contributed by atoms with Gasteiger partial charge in [0.05, 0.1) is 13.5 Å². The number of anilines is 1. The Bertz CT molecular complexity index is 919. The first kappa shape index (κ1) is 19.2. The van der Waals surface area contributed by atoms with Crippen molar-refractivity contribution >= 4 is 23.6 Å². The number of carbonyl (C=O) groups excluding carboxylic acids is 2. The standard InChI is InChI=1S/C24H26N2O3/c1-29-21-14-8-5-9-18(21)15-16-24(23(28)25-19-10-6-7-11-19)17-22(27)26(24)20-12-3-2-4-13-20/h2-5,8-9,12-16,19H,6-7,10-11,17H2,1H3,(H,25,28)/b16-15+/t24-/m1/s1. The van der Waals surface area contributed by atoms with Crippen LogP contribution in [-0.4, -0.2) is 30.5 Å². The number of nitrogens with zero attached hydrogens (tertiary/aromatic N) is 1. The molecule has 1 heterocycles. The van der Waals surface area contributed by atoms with Crippen LogP contribution in [-0.2, 0) is 9.59 Å². The van der Waals surface area contributed by atoms with Crippen LogP contribution in [0.5, 0.6) is 5.75 Å². The summed E-state index contributed by atoms with van der Waals surface area (Å²) in [4.78, 5) is 27.6. The number of benzene rings is 2. The Morgan fingerprint density at radius 3 is 2.48 bits per heavy atom. The van der Waals surface area contributed by atoms with E-state index in [-0.39, 0.29) is 24.3 Å². The molecule has 2 aromatic carbocycles. The predicted molar refractivity (Wildman–Crippen MR) is 114 cm³/mol. The third-order valence-electron chi connectivity index (χ3n) is 5.84. The van der Waals surface area contributed by atoms with Gasteiger partial charge in [-0.2, -0.15) is 0 Å². The van der Waals surface area contributed by atoms with Crippen molar-refractivity contribution in [2.45, 2.75) is 43.7 Å². The van der Waals surface area contributed by atoms with Crippen molar-refractivity contribution in [3.63, 3.8) is 0 Å². The molecule has 29 heavy (non-hydrogen) atoms. The van der Waals surface area contributed by atoms with Gasteiger partial charge in [0.25, 0.3) is 5.91 Å². The number of β-lactam (4-membered cyclic amide) rings is 1. The zero-order chi connectivity index (χ0) is 20.3. The first-order valence-electron chi connectivity index (χ1n) is 10.2. The van der Waals surface area contributed by atoms with Crippen LogP contribution in [0.2, 0.25) is 0 Å². The summed E-state index contributed by atoms with van der Waals surface area (Å²) in [5, 5.41) is 3.19. The molecule has 0 bridgehead atoms. The number of carbonyl (C=O) groups is 2. The lowest BCUT2D eigenvalue weighted by molar-refractivity contribution is -0.137. The fraction of sp³-hybridized carbons (Fsp3) is 0.333. The molecule has 4 rings (SSSR count). The van der Waals surface area contributed by atoms with Gasteiger partial charge in [0.2, 0.25) is 5.91 Å². The molecule has 1 aliphatic heterocycles. The number of nitrogens with one attached hydrogen (secondary N) is 1. The molecule has 1 N–H and O–H groups in total. The van der Waals surface area contributed by atoms with Crippen LogP contribution in [0, 0.1) is 0 Å². The van der Waals surface area contributed by atoms with E-state index >= 15 is 0 Å². The van der Waals surface area contributed by atoms with Gasteiger partial charge in [-0.25, -0.2) is 0 Å². The summed E-state index contributed by atoms with van der Waals surface area (Å²) in [5.74, 6) is 0.563. The molecule has 1 saturated carbocycles. The highest BCUT2D eigenvalue weighted by Gasteiger charge is 2.55. The summed E-state index contributed by atoms with van der Waals surface area (Å²) in [7, 11) is 1.62. The molecule has 0 aromatic heterocycles. The van der Waals surface area contributed by atoms with Gasteiger partial charge in [-0.05, 0) is 37.1 Å². The number of methoxy groups -OCH3 is 1. The monoisotopic (exact) mass is 390 g/mol. The number of amides is 2. The van der Waals surface area contributed by atoms with E-state index in [1.165, 1.54) is 0 Å². The van der Waals surface area contributed by atoms with Gasteiger partial charge in [0, 0.05) is 17.3 Å². The number of ether oxygens (including phenoxy) is 1. The maximum absolute atomic E-state index is 13.4. The van der Waals surface area contributed by atoms with E-state index in [2.05, 4.69) is 5.32 Å². The highest BCUT2D eigenvalue weighted by molar-refractivity contribution is 6.15. The summed E-state index contributed by atoms with van der Waals surface area (Å²) in [6.07, 6.45) is 8.16. The smallest absolute Gasteiger partial charge is 0.251 e. The highest BCUT2D eigenvalue weighted by Crippen LogP contribution is 2.40. The van der Waals surface area contributed by atoms with Gasteiger partial charge in [0.15, 0.2) is 5.54 Å². The van der Waals surface area contributed by atoms with Gasteiger partial charge in [-0.15, -0.1) is 0 Å². The van der Waals surface area contributed by atoms with Crippen LogP contribution in [0.3, 0.4) is 0 Å². The van der Waals surface area contributed by atoms with Crippen molar-refractivity contribution in [2.75, 3.05) is 12.0 Å². The van der Waals surface area contributed by atoms with Crippen LogP contribution in [0.25, 0.3) is 6.08 Å². The van der Waals surface area contributed by atoms with Crippen molar-refractivity contribution in [3.05, 3.63) is 66.2 Å². The van der Waals surface area contributed by atoms with Crippen LogP contribution < -0.4 is 15.0 Å². The van der Waals surface area contributed by atoms with Gasteiger partial charge in [-0.3, -0.25) is 14.5 Å². The molecule has 150 valence electrons. The molecular formula is C24H26N2O3. The van der Waals surface area contributed by atoms with Crippen LogP contribution in [0.4, 0.5) is 5.69 Å². The molecule has 1 saturated heterocycles. The second kappa shape index (κ2) is 8.11. The van der Waals surface area contributed by atoms with E-state index in [0.29, 0.717) is 0 Å². The lowest BCUT2D eigenvalue weighted by Crippen LogP contribution is -2.70. The fourth-order valence-corrected chi connectivity index (χ4v) is 4.27. The van der Waals surface area contributed by atoms with Gasteiger partial charge < -0.3 is 10.1 Å². The first-order valence-corrected chi connectivity index (χ1v) is 10.2. The second-order valence-corrected chi connectivity index (χ2v) is 7.70. The third kappa shape index (κ3) is 3.65. The minimum atomic E-state index is -1.03. The maximum Gasteiger partial charge on any atom is 0.251 e. The van der Waals surface area contributed by atoms with Gasteiger partial charge in [-0.1, -0.05) is 55.3 Å². The Hall–Kier alpha value is -3.08. The Balaban J connectivity index is 1.70. The minimum absolute atomic E-state index is 0.0533. The highest BCUT2D eigenvalue weighted by atomic mass is 16.5. The van der Waals surface area contributed by atoms with E-state index in [1.54, 1.807) is 12.0 Å². The summed E-state index contributed by atoms with van der Waals surface area (Å²) >= 11 is 0. The van der Waals surface area contributed by atoms with Crippen LogP contribution in [0.15, 0.2) is 60.7 Å². The number of hydrogen-bond acceptors (Lipinski definition) is 3. The zero-order valence-corrected chi connectivity index (χ0v) is 16.6. The molecule has 2 fully saturated rings. The van der Waals surface area contributed by atoms with Crippen molar-refractivity contribution in [2.24, 2.45) is 0 Å². The van der Waals surface area contributed by atoms with Gasteiger partial charge >= 0.3 is 0 Å². The number of para-hydroxylation sites is 2. The lowest BCUT2D eigenvalue weighted by Gasteiger charge is -2.49. The van der Waals surface area contributed by atoms with E-state index in [4.69, 9.17) is 4.74 Å². The van der Waals surface area contributed by atoms with Crippen molar-refractivity contribution in [3.8, 4) is 5.75 Å². The van der Waals surface area contributed by atoms with E-state index in [9.17, 15) is 9.59 Å². The number of rotatable bonds is 6. The topological polar surface area (TPSA) is 58.6 Å². The molecule has 0 spiro atoms. The van der Waals surface area contributed by atoms with Crippen molar-refractivity contribution < 1.29 is 14.3 Å². The molecule has 0 radical (unpaired) electrons. The summed E-state index contributed by atoms with van der Waals surface area (Å²) < 4.78 is 5.43. The Labute approximate surface area is 171 Å². The molecule has 2 aromatic rings. The normalized spacial score (nSPS) is 22.0. The van der Waals surface area contributed by atoms with Crippen molar-refractivity contribution in [1.29, 1.82) is 0 Å². The van der Waals surface area contributed by atoms with Gasteiger partial charge in [0.1, 0.15) is 5.75 Å². The molecule has 2 amide bonds. The molecular weight excluding hydrogens is 364 g/mol. The Kier molecular flexibility index (Phi) is 5.38. The lowest BCUT2D eigenvalue weighted by atomic mass is 9.80. The third-order valence-corrected chi connectivity index (χ3v) is 5.84. The summed E-state index contributed by atoms with van der Waals surface area (Å²) in [5.41, 5.74) is 0.576. The molecule has 5 nitrogen and oxygen atoms in total. The average Bonchev–Trinajstić information content (AvgIpc) is 3.24. The molecule has 1 aliphatic carbocycles. The SMILES string of the molecule is COc1ccccc1/C=C/[C@]1(C(=O)NC2CCCC2)CC(=O)N1c1ccccc1. The largest absolute Gasteiger partial charge is 0.496 e. The predicted octanol–water partition coefficient (Wildman–Crippen LogP) is 3.94. The summed E-state index contributed by atoms with van der Waals surface area (Å²) in [6, 6.07) is 17.2. The molecule has 1 atom stereocenters. The van der Waals surface area contributed by atoms with E-state index < -0.39 is 5.54 Å². The number of hydrogen-bond donors (Lipinski definition) is 1. The van der Waals surface area contributed by atoms with Crippen LogP contribution in [0.1, 0.15) is 37.7 Å². The first-order chi connectivity index (χ1) is 14.1. The Morgan fingerprint density at radius 1 is 1.10 bits per heavy atom. The zero-order valence-electron chi connectivity index (χ0n) is 16.6. The Morgan fingerprint density at radius 2 is 1.79 bits per heavy atom. The maximum atomic E-state index is 13.4. The molecule has 0 unspecified atom stereocenters. The average molecular weight is 390 g/mol. The fourth-order valence-electron chi connectivity index (χ4n) is 4.27. The minimum Gasteiger partial charge on any atom is -0.496 e. The van der Waals surface area contributed by atoms with Crippen LogP contribution >= 0.6 is 0 Å². The van der Waals surface area contributed by atoms with E-state index in [1.807, 2.05) is 66.7 Å². The second-order valence-electron chi connectivity index (χ2n) is 7.70. The molecule has 5 heteroatoms. The summed E-state index contributed by atoms with van der Waals surface area (Å²) in [6.45, 7) is 0. The quantitative estimate of drug-likeness (QED) is 0.760. The van der Waals surface area contributed by atoms with E-state index in [0.717, 1.165) is 42.7 Å². The van der Waals surface area contributed by atoms with Crippen molar-refractivity contribution in [1.82, 2.24) is 5.32 Å². The molecule has 2 aliphatic rings.